The maximum absolute atomic E-state index is 4.21. The molecule has 1 nitrogen and oxygen atoms in total. The van der Waals surface area contributed by atoms with Crippen LogP contribution < -0.4 is 0 Å². The Labute approximate surface area is 98.2 Å². The summed E-state index contributed by atoms with van der Waals surface area (Å²) in [6, 6.07) is 8.47. The Kier molecular flexibility index (Phi) is 4.71. The fourth-order valence-electron chi connectivity index (χ4n) is 1.59. The van der Waals surface area contributed by atoms with Gasteiger partial charge in [0.05, 0.1) is 0 Å². The fourth-order valence-corrected chi connectivity index (χ4v) is 1.59. The van der Waals surface area contributed by atoms with E-state index >= 15 is 0 Å². The van der Waals surface area contributed by atoms with E-state index in [1.54, 1.807) is 0 Å². The molecular formula is C15H19N. The Morgan fingerprint density at radius 1 is 1.19 bits per heavy atom. The molecular weight excluding hydrogens is 194 g/mol. The predicted molar refractivity (Wildman–Crippen MR) is 73.0 cm³/mol. The minimum atomic E-state index is 1.07. The van der Waals surface area contributed by atoms with Crippen molar-refractivity contribution in [1.82, 2.24) is 0 Å². The fraction of sp³-hybridized carbons (Fsp3) is 0.267. The summed E-state index contributed by atoms with van der Waals surface area (Å²) in [6.45, 7) is 6.12. The van der Waals surface area contributed by atoms with E-state index in [1.165, 1.54) is 16.7 Å². The molecule has 0 fully saturated rings. The summed E-state index contributed by atoms with van der Waals surface area (Å²) < 4.78 is 0. The van der Waals surface area contributed by atoms with Gasteiger partial charge < -0.3 is 0 Å². The molecule has 0 aromatic heterocycles. The average Bonchev–Trinajstić information content (AvgIpc) is 2.35. The minimum Gasteiger partial charge on any atom is -0.293 e. The van der Waals surface area contributed by atoms with E-state index < -0.39 is 0 Å². The molecule has 0 atom stereocenters. The third-order valence-corrected chi connectivity index (χ3v) is 2.61. The van der Waals surface area contributed by atoms with Gasteiger partial charge in [-0.05, 0) is 43.5 Å². The van der Waals surface area contributed by atoms with Gasteiger partial charge in [-0.15, -0.1) is 0 Å². The van der Waals surface area contributed by atoms with Crippen LogP contribution >= 0.6 is 0 Å². The zero-order valence-electron chi connectivity index (χ0n) is 10.5. The van der Waals surface area contributed by atoms with Crippen molar-refractivity contribution in [2.75, 3.05) is 7.05 Å². The van der Waals surface area contributed by atoms with Gasteiger partial charge in [0.2, 0.25) is 0 Å². The molecule has 0 spiro atoms. The third-order valence-electron chi connectivity index (χ3n) is 2.61. The third kappa shape index (κ3) is 2.93. The van der Waals surface area contributed by atoms with Crippen molar-refractivity contribution >= 4 is 11.3 Å². The zero-order chi connectivity index (χ0) is 12.0. The number of nitrogens with zero attached hydrogens (tertiary/aromatic N) is 1. The van der Waals surface area contributed by atoms with E-state index in [4.69, 9.17) is 0 Å². The van der Waals surface area contributed by atoms with Crippen molar-refractivity contribution in [3.63, 3.8) is 0 Å². The van der Waals surface area contributed by atoms with Gasteiger partial charge in [-0.3, -0.25) is 4.99 Å². The average molecular weight is 213 g/mol. The van der Waals surface area contributed by atoms with Crippen LogP contribution in [0.5, 0.6) is 0 Å². The van der Waals surface area contributed by atoms with Crippen molar-refractivity contribution in [1.29, 1.82) is 0 Å². The highest BCUT2D eigenvalue weighted by Crippen LogP contribution is 2.17. The standard InChI is InChI=1S/C15H19N/c1-5-8-13(6-2)15-10-7-9-14(11-15)12(3)16-4/h5-11H,1-4H3/b8-5-,13-6+,16-12?. The van der Waals surface area contributed by atoms with Crippen molar-refractivity contribution in [3.05, 3.63) is 53.6 Å². The smallest absolute Gasteiger partial charge is 0.0386 e. The summed E-state index contributed by atoms with van der Waals surface area (Å²) >= 11 is 0. The van der Waals surface area contributed by atoms with Crippen LogP contribution in [0.25, 0.3) is 5.57 Å². The first kappa shape index (κ1) is 12.4. The number of aliphatic imine (C=N–C) groups is 1. The molecule has 16 heavy (non-hydrogen) atoms. The summed E-state index contributed by atoms with van der Waals surface area (Å²) in [5.74, 6) is 0. The van der Waals surface area contributed by atoms with Crippen LogP contribution in [0.15, 0.2) is 47.5 Å². The normalized spacial score (nSPS) is 13.5. The first-order chi connectivity index (χ1) is 7.72. The number of benzene rings is 1. The minimum absolute atomic E-state index is 1.07. The van der Waals surface area contributed by atoms with E-state index in [0.717, 1.165) is 5.71 Å². The predicted octanol–water partition coefficient (Wildman–Crippen LogP) is 4.10. The Balaban J connectivity index is 3.17. The van der Waals surface area contributed by atoms with E-state index in [9.17, 15) is 0 Å². The molecule has 84 valence electrons. The molecule has 0 amide bonds. The maximum atomic E-state index is 4.21. The summed E-state index contributed by atoms with van der Waals surface area (Å²) in [5.41, 5.74) is 4.73. The van der Waals surface area contributed by atoms with Crippen LogP contribution in [0.3, 0.4) is 0 Å². The van der Waals surface area contributed by atoms with Crippen molar-refractivity contribution in [2.24, 2.45) is 4.99 Å². The van der Waals surface area contributed by atoms with Gasteiger partial charge >= 0.3 is 0 Å². The van der Waals surface area contributed by atoms with Gasteiger partial charge in [0.15, 0.2) is 0 Å². The second kappa shape index (κ2) is 6.06. The van der Waals surface area contributed by atoms with Gasteiger partial charge in [0.1, 0.15) is 0 Å². The Bertz CT molecular complexity index is 437. The second-order valence-corrected chi connectivity index (χ2v) is 3.63. The molecule has 0 aliphatic carbocycles. The molecule has 1 aromatic carbocycles. The van der Waals surface area contributed by atoms with Crippen LogP contribution in [0.4, 0.5) is 0 Å². The van der Waals surface area contributed by atoms with E-state index in [0.29, 0.717) is 0 Å². The summed E-state index contributed by atoms with van der Waals surface area (Å²) in [7, 11) is 1.82. The topological polar surface area (TPSA) is 12.4 Å². The summed E-state index contributed by atoms with van der Waals surface area (Å²) in [6.07, 6.45) is 6.30. The van der Waals surface area contributed by atoms with Crippen LogP contribution in [-0.2, 0) is 0 Å². The molecule has 0 aliphatic heterocycles. The Morgan fingerprint density at radius 2 is 1.88 bits per heavy atom. The highest BCUT2D eigenvalue weighted by atomic mass is 14.7. The monoisotopic (exact) mass is 213 g/mol. The molecule has 1 rings (SSSR count). The van der Waals surface area contributed by atoms with Gasteiger partial charge in [-0.25, -0.2) is 0 Å². The van der Waals surface area contributed by atoms with Crippen molar-refractivity contribution < 1.29 is 0 Å². The Morgan fingerprint density at radius 3 is 2.44 bits per heavy atom. The highest BCUT2D eigenvalue weighted by molar-refractivity contribution is 5.99. The molecule has 0 N–H and O–H groups in total. The number of rotatable bonds is 3. The van der Waals surface area contributed by atoms with Gasteiger partial charge in [0, 0.05) is 12.8 Å². The van der Waals surface area contributed by atoms with E-state index in [-0.39, 0.29) is 0 Å². The molecule has 0 bridgehead atoms. The second-order valence-electron chi connectivity index (χ2n) is 3.63. The van der Waals surface area contributed by atoms with Gasteiger partial charge in [0.25, 0.3) is 0 Å². The SMILES string of the molecule is C/C=C\C(=C/C)c1cccc(C(C)=NC)c1. The molecule has 0 heterocycles. The van der Waals surface area contributed by atoms with Crippen LogP contribution in [-0.4, -0.2) is 12.8 Å². The van der Waals surface area contributed by atoms with Gasteiger partial charge in [-0.1, -0.05) is 36.4 Å². The largest absolute Gasteiger partial charge is 0.293 e. The van der Waals surface area contributed by atoms with Crippen molar-refractivity contribution in [3.8, 4) is 0 Å². The highest BCUT2D eigenvalue weighted by Gasteiger charge is 2.00. The van der Waals surface area contributed by atoms with E-state index in [1.807, 2.05) is 20.9 Å². The van der Waals surface area contributed by atoms with Crippen LogP contribution in [0.2, 0.25) is 0 Å². The quantitative estimate of drug-likeness (QED) is 0.529. The molecule has 0 unspecified atom stereocenters. The molecule has 0 aliphatic rings. The molecule has 0 saturated carbocycles. The molecule has 1 heteroatoms. The molecule has 0 radical (unpaired) electrons. The first-order valence-electron chi connectivity index (χ1n) is 5.56. The summed E-state index contributed by atoms with van der Waals surface area (Å²) in [5, 5.41) is 0. The van der Waals surface area contributed by atoms with Crippen molar-refractivity contribution in [2.45, 2.75) is 20.8 Å². The first-order valence-corrected chi connectivity index (χ1v) is 5.56. The lowest BCUT2D eigenvalue weighted by molar-refractivity contribution is 1.41. The summed E-state index contributed by atoms with van der Waals surface area (Å²) in [4.78, 5) is 4.21. The maximum Gasteiger partial charge on any atom is 0.0386 e. The Hall–Kier alpha value is -1.63. The van der Waals surface area contributed by atoms with Crippen LogP contribution in [0.1, 0.15) is 31.9 Å². The lowest BCUT2D eigenvalue weighted by atomic mass is 10.0. The molecule has 0 saturated heterocycles. The molecule has 1 aromatic rings. The number of hydrogen-bond donors (Lipinski definition) is 0. The van der Waals surface area contributed by atoms with Gasteiger partial charge in [-0.2, -0.15) is 0 Å². The zero-order valence-corrected chi connectivity index (χ0v) is 10.5. The van der Waals surface area contributed by atoms with Crippen LogP contribution in [0, 0.1) is 0 Å². The number of allylic oxidation sites excluding steroid dienone is 4. The lowest BCUT2D eigenvalue weighted by Crippen LogP contribution is -1.95. The lowest BCUT2D eigenvalue weighted by Gasteiger charge is -2.05. The van der Waals surface area contributed by atoms with E-state index in [2.05, 4.69) is 54.4 Å². The number of hydrogen-bond acceptors (Lipinski definition) is 1.